The molecule has 1 aliphatic rings. The van der Waals surface area contributed by atoms with Crippen LogP contribution in [0.25, 0.3) is 0 Å². The van der Waals surface area contributed by atoms with E-state index in [9.17, 15) is 0 Å². The number of nitrogens with two attached hydrogens (primary N) is 2. The van der Waals surface area contributed by atoms with Crippen molar-refractivity contribution in [1.82, 2.24) is 20.7 Å². The van der Waals surface area contributed by atoms with E-state index in [0.717, 1.165) is 22.8 Å². The van der Waals surface area contributed by atoms with Gasteiger partial charge in [-0.1, -0.05) is 23.2 Å². The van der Waals surface area contributed by atoms with Crippen LogP contribution in [0, 0.1) is 0 Å². The molecule has 1 aliphatic heterocycles. The average molecular weight is 509 g/mol. The molecule has 0 radical (unpaired) electrons. The number of halogens is 2. The van der Waals surface area contributed by atoms with Gasteiger partial charge < -0.3 is 21.3 Å². The van der Waals surface area contributed by atoms with Crippen molar-refractivity contribution in [3.05, 3.63) is 69.7 Å². The van der Waals surface area contributed by atoms with Gasteiger partial charge in [0, 0.05) is 47.4 Å². The van der Waals surface area contributed by atoms with Gasteiger partial charge in [0.15, 0.2) is 21.9 Å². The Kier molecular flexibility index (Phi) is 8.46. The Morgan fingerprint density at radius 3 is 1.28 bits per heavy atom. The van der Waals surface area contributed by atoms with Crippen molar-refractivity contribution in [1.29, 1.82) is 0 Å². The quantitative estimate of drug-likeness (QED) is 0.215. The second kappa shape index (κ2) is 11.3. The summed E-state index contributed by atoms with van der Waals surface area (Å²) in [6.45, 7) is 2.72. The van der Waals surface area contributed by atoms with Crippen LogP contribution >= 0.6 is 47.6 Å². The molecule has 12 heteroatoms. The van der Waals surface area contributed by atoms with Gasteiger partial charge in [-0.05, 0) is 73.0 Å². The Hall–Kier alpha value is -2.66. The van der Waals surface area contributed by atoms with Gasteiger partial charge in [-0.15, -0.1) is 0 Å². The monoisotopic (exact) mass is 508 g/mol. The highest BCUT2D eigenvalue weighted by Crippen LogP contribution is 2.17. The summed E-state index contributed by atoms with van der Waals surface area (Å²) in [7, 11) is 0. The minimum Gasteiger partial charge on any atom is -0.375 e. The second-order valence-electron chi connectivity index (χ2n) is 6.81. The van der Waals surface area contributed by atoms with Gasteiger partial charge in [0.05, 0.1) is 0 Å². The van der Waals surface area contributed by atoms with Crippen molar-refractivity contribution < 1.29 is 0 Å². The predicted octanol–water partition coefficient (Wildman–Crippen LogP) is 2.30. The van der Waals surface area contributed by atoms with Crippen molar-refractivity contribution in [2.24, 2.45) is 21.7 Å². The lowest BCUT2D eigenvalue weighted by Crippen LogP contribution is -2.52. The fourth-order valence-corrected chi connectivity index (χ4v) is 3.52. The molecule has 0 amide bonds. The van der Waals surface area contributed by atoms with E-state index in [4.69, 9.17) is 59.1 Å². The van der Waals surface area contributed by atoms with Crippen LogP contribution in [0.4, 0.5) is 0 Å². The van der Waals surface area contributed by atoms with Gasteiger partial charge in [0.2, 0.25) is 0 Å². The number of nitrogens with one attached hydrogen (secondary N) is 2. The van der Waals surface area contributed by atoms with Gasteiger partial charge in [0.1, 0.15) is 0 Å². The third kappa shape index (κ3) is 6.67. The third-order valence-electron chi connectivity index (χ3n) is 4.63. The van der Waals surface area contributed by atoms with Gasteiger partial charge in [-0.2, -0.15) is 10.2 Å². The molecule has 2 aromatic carbocycles. The standard InChI is InChI=1S/C20H22Cl2N8S2/c21-15-5-1-13(2-6-15)17(25-27-19(23)31)29-9-11-30(12-10-29)18(26-28-20(24)32)14-3-7-16(22)8-4-14/h1-8H,9-12H2,(H3,23,27,31)(H3,24,28,32). The predicted molar refractivity (Wildman–Crippen MR) is 139 cm³/mol. The maximum atomic E-state index is 6.04. The first-order chi connectivity index (χ1) is 15.3. The fourth-order valence-electron chi connectivity index (χ4n) is 3.18. The lowest BCUT2D eigenvalue weighted by atomic mass is 10.1. The molecule has 0 atom stereocenters. The number of hydrogen-bond donors (Lipinski definition) is 4. The van der Waals surface area contributed by atoms with Gasteiger partial charge >= 0.3 is 0 Å². The summed E-state index contributed by atoms with van der Waals surface area (Å²) in [6, 6.07) is 14.9. The number of thiocarbonyl (C=S) groups is 2. The van der Waals surface area contributed by atoms with Crippen LogP contribution in [-0.4, -0.2) is 57.9 Å². The minimum absolute atomic E-state index is 0.0936. The van der Waals surface area contributed by atoms with Crippen molar-refractivity contribution in [2.75, 3.05) is 26.2 Å². The summed E-state index contributed by atoms with van der Waals surface area (Å²) >= 11 is 21.9. The highest BCUT2D eigenvalue weighted by Gasteiger charge is 2.24. The molecule has 0 spiro atoms. The number of hydrazone groups is 2. The summed E-state index contributed by atoms with van der Waals surface area (Å²) < 4.78 is 0. The van der Waals surface area contributed by atoms with Crippen LogP contribution in [0.15, 0.2) is 58.7 Å². The minimum atomic E-state index is 0.0936. The van der Waals surface area contributed by atoms with Crippen LogP contribution in [0.2, 0.25) is 10.0 Å². The number of benzene rings is 2. The Balaban J connectivity index is 1.80. The molecule has 32 heavy (non-hydrogen) atoms. The number of nitrogens with zero attached hydrogens (tertiary/aromatic N) is 4. The molecule has 0 bridgehead atoms. The van der Waals surface area contributed by atoms with Crippen molar-refractivity contribution in [3.8, 4) is 0 Å². The van der Waals surface area contributed by atoms with Gasteiger partial charge in [-0.3, -0.25) is 10.9 Å². The van der Waals surface area contributed by atoms with Crippen LogP contribution in [0.1, 0.15) is 11.1 Å². The Labute approximate surface area is 207 Å². The van der Waals surface area contributed by atoms with E-state index >= 15 is 0 Å². The number of rotatable bonds is 4. The highest BCUT2D eigenvalue weighted by molar-refractivity contribution is 7.80. The number of amidine groups is 2. The molecule has 8 nitrogen and oxygen atoms in total. The molecule has 0 unspecified atom stereocenters. The largest absolute Gasteiger partial charge is 0.375 e. The summed E-state index contributed by atoms with van der Waals surface area (Å²) in [6.07, 6.45) is 0. The number of hydrogen-bond acceptors (Lipinski definition) is 4. The molecule has 2 aromatic rings. The summed E-state index contributed by atoms with van der Waals surface area (Å²) in [5.41, 5.74) is 18.3. The van der Waals surface area contributed by atoms with E-state index in [1.807, 2.05) is 48.5 Å². The zero-order valence-corrected chi connectivity index (χ0v) is 20.1. The topological polar surface area (TPSA) is 107 Å². The highest BCUT2D eigenvalue weighted by atomic mass is 35.5. The molecule has 168 valence electrons. The van der Waals surface area contributed by atoms with E-state index in [2.05, 4.69) is 30.9 Å². The molecule has 6 N–H and O–H groups in total. The van der Waals surface area contributed by atoms with Crippen LogP contribution in [0.3, 0.4) is 0 Å². The maximum absolute atomic E-state index is 6.04. The zero-order valence-electron chi connectivity index (χ0n) is 17.0. The van der Waals surface area contributed by atoms with Gasteiger partial charge in [0.25, 0.3) is 0 Å². The van der Waals surface area contributed by atoms with E-state index < -0.39 is 0 Å². The molecule has 3 rings (SSSR count). The molecule has 1 heterocycles. The van der Waals surface area contributed by atoms with Crippen LogP contribution < -0.4 is 22.3 Å². The SMILES string of the molecule is NC(=S)NN=C(c1ccc(Cl)cc1)N1CCN(C(=NNC(N)=S)c2ccc(Cl)cc2)CC1. The summed E-state index contributed by atoms with van der Waals surface area (Å²) in [5, 5.41) is 10.3. The van der Waals surface area contributed by atoms with Crippen LogP contribution in [0.5, 0.6) is 0 Å². The first kappa shape index (κ1) is 24.0. The lowest BCUT2D eigenvalue weighted by Gasteiger charge is -2.38. The van der Waals surface area contributed by atoms with Crippen LogP contribution in [-0.2, 0) is 0 Å². The Morgan fingerprint density at radius 1 is 0.688 bits per heavy atom. The van der Waals surface area contributed by atoms with E-state index in [1.165, 1.54) is 0 Å². The van der Waals surface area contributed by atoms with E-state index in [1.54, 1.807) is 0 Å². The maximum Gasteiger partial charge on any atom is 0.184 e. The normalized spacial score (nSPS) is 14.8. The molecule has 0 aromatic heterocycles. The second-order valence-corrected chi connectivity index (χ2v) is 8.56. The fraction of sp³-hybridized carbons (Fsp3) is 0.200. The molecule has 0 saturated carbocycles. The first-order valence-corrected chi connectivity index (χ1v) is 11.2. The Bertz CT molecular complexity index is 933. The van der Waals surface area contributed by atoms with E-state index in [0.29, 0.717) is 36.2 Å². The molecule has 1 saturated heterocycles. The van der Waals surface area contributed by atoms with Gasteiger partial charge in [-0.25, -0.2) is 0 Å². The smallest absolute Gasteiger partial charge is 0.184 e. The average Bonchev–Trinajstić information content (AvgIpc) is 2.77. The first-order valence-electron chi connectivity index (χ1n) is 9.61. The molecule has 1 fully saturated rings. The molecule has 0 aliphatic carbocycles. The molecular formula is C20H22Cl2N8S2. The Morgan fingerprint density at radius 2 is 1.00 bits per heavy atom. The lowest BCUT2D eigenvalue weighted by molar-refractivity contribution is 0.258. The van der Waals surface area contributed by atoms with Crippen molar-refractivity contribution >= 4 is 69.5 Å². The van der Waals surface area contributed by atoms with Crippen molar-refractivity contribution in [2.45, 2.75) is 0 Å². The summed E-state index contributed by atoms with van der Waals surface area (Å²) in [4.78, 5) is 4.29. The van der Waals surface area contributed by atoms with Crippen molar-refractivity contribution in [3.63, 3.8) is 0 Å². The number of piperazine rings is 1. The third-order valence-corrected chi connectivity index (χ3v) is 5.31. The molecular weight excluding hydrogens is 487 g/mol. The summed E-state index contributed by atoms with van der Waals surface area (Å²) in [5.74, 6) is 1.45. The van der Waals surface area contributed by atoms with E-state index in [-0.39, 0.29) is 10.2 Å². The zero-order chi connectivity index (χ0) is 23.1.